The van der Waals surface area contributed by atoms with Gasteiger partial charge in [0, 0.05) is 17.8 Å². The van der Waals surface area contributed by atoms with Crippen LogP contribution in [0, 0.1) is 0 Å². The van der Waals surface area contributed by atoms with Crippen molar-refractivity contribution in [2.75, 3.05) is 18.1 Å². The lowest BCUT2D eigenvalue weighted by atomic mass is 10.2. The fraction of sp³-hybridized carbons (Fsp3) is 0.316. The van der Waals surface area contributed by atoms with E-state index in [4.69, 9.17) is 4.74 Å². The number of benzene rings is 1. The molecule has 27 heavy (non-hydrogen) atoms. The highest BCUT2D eigenvalue weighted by Gasteiger charge is 2.25. The SMILES string of the molecule is O=C(CCN1C(=O)COc2ccccc21)NNC(=O)c1cc2c(s1)CCC2. The fourth-order valence-corrected chi connectivity index (χ4v) is 4.45. The van der Waals surface area contributed by atoms with E-state index in [0.717, 1.165) is 19.3 Å². The number of para-hydroxylation sites is 2. The van der Waals surface area contributed by atoms with Gasteiger partial charge in [0.2, 0.25) is 5.91 Å². The number of carbonyl (C=O) groups excluding carboxylic acids is 3. The summed E-state index contributed by atoms with van der Waals surface area (Å²) >= 11 is 1.48. The van der Waals surface area contributed by atoms with Gasteiger partial charge in [-0.3, -0.25) is 25.2 Å². The molecule has 0 unspecified atom stereocenters. The monoisotopic (exact) mass is 385 g/mol. The summed E-state index contributed by atoms with van der Waals surface area (Å²) in [5.74, 6) is -0.241. The molecular weight excluding hydrogens is 366 g/mol. The molecule has 0 fully saturated rings. The zero-order valence-electron chi connectivity index (χ0n) is 14.6. The van der Waals surface area contributed by atoms with Crippen molar-refractivity contribution in [1.82, 2.24) is 10.9 Å². The number of nitrogens with one attached hydrogen (secondary N) is 2. The fourth-order valence-electron chi connectivity index (χ4n) is 3.30. The Labute approximate surface area is 160 Å². The Morgan fingerprint density at radius 1 is 1.19 bits per heavy atom. The third-order valence-corrected chi connectivity index (χ3v) is 5.89. The van der Waals surface area contributed by atoms with E-state index in [9.17, 15) is 14.4 Å². The number of hydrogen-bond donors (Lipinski definition) is 2. The first-order chi connectivity index (χ1) is 13.1. The maximum atomic E-state index is 12.2. The molecule has 1 aromatic carbocycles. The Kier molecular flexibility index (Phi) is 4.81. The van der Waals surface area contributed by atoms with Crippen molar-refractivity contribution in [2.24, 2.45) is 0 Å². The van der Waals surface area contributed by atoms with Crippen LogP contribution in [0.5, 0.6) is 5.75 Å². The summed E-state index contributed by atoms with van der Waals surface area (Å²) in [4.78, 5) is 39.8. The van der Waals surface area contributed by atoms with Crippen molar-refractivity contribution in [1.29, 1.82) is 0 Å². The predicted molar refractivity (Wildman–Crippen MR) is 101 cm³/mol. The molecule has 7 nitrogen and oxygen atoms in total. The van der Waals surface area contributed by atoms with Crippen LogP contribution in [0.1, 0.15) is 33.0 Å². The van der Waals surface area contributed by atoms with Gasteiger partial charge in [0.05, 0.1) is 10.6 Å². The van der Waals surface area contributed by atoms with Crippen LogP contribution in [0.3, 0.4) is 0 Å². The van der Waals surface area contributed by atoms with E-state index in [1.54, 1.807) is 12.1 Å². The number of fused-ring (bicyclic) bond motifs is 2. The van der Waals surface area contributed by atoms with Gasteiger partial charge in [-0.2, -0.15) is 0 Å². The number of aryl methyl sites for hydroxylation is 2. The minimum Gasteiger partial charge on any atom is -0.482 e. The van der Waals surface area contributed by atoms with Crippen LogP contribution in [0.15, 0.2) is 30.3 Å². The minimum atomic E-state index is -0.357. The second-order valence-electron chi connectivity index (χ2n) is 6.47. The third-order valence-electron chi connectivity index (χ3n) is 4.66. The molecule has 2 aromatic rings. The zero-order chi connectivity index (χ0) is 18.8. The molecule has 4 rings (SSSR count). The van der Waals surface area contributed by atoms with Crippen molar-refractivity contribution in [3.8, 4) is 5.75 Å². The van der Waals surface area contributed by atoms with E-state index in [1.165, 1.54) is 26.7 Å². The van der Waals surface area contributed by atoms with Crippen molar-refractivity contribution in [2.45, 2.75) is 25.7 Å². The van der Waals surface area contributed by atoms with Crippen LogP contribution >= 0.6 is 11.3 Å². The van der Waals surface area contributed by atoms with Crippen LogP contribution in [-0.2, 0) is 22.4 Å². The molecule has 2 heterocycles. The molecule has 1 aliphatic carbocycles. The van der Waals surface area contributed by atoms with Gasteiger partial charge >= 0.3 is 0 Å². The van der Waals surface area contributed by atoms with Crippen molar-refractivity contribution in [3.05, 3.63) is 45.6 Å². The number of carbonyl (C=O) groups is 3. The Bertz CT molecular complexity index is 887. The summed E-state index contributed by atoms with van der Waals surface area (Å²) in [6.07, 6.45) is 3.25. The highest BCUT2D eigenvalue weighted by atomic mass is 32.1. The third kappa shape index (κ3) is 3.66. The molecule has 0 bridgehead atoms. The Balaban J connectivity index is 1.29. The lowest BCUT2D eigenvalue weighted by Gasteiger charge is -2.29. The Hall–Kier alpha value is -2.87. The standard InChI is InChI=1S/C19H19N3O4S/c23-17(20-21-19(25)16-10-12-4-3-7-15(12)27-16)8-9-22-13-5-1-2-6-14(13)26-11-18(22)24/h1-2,5-6,10H,3-4,7-9,11H2,(H,20,23)(H,21,25). The van der Waals surface area contributed by atoms with Crippen LogP contribution in [0.2, 0.25) is 0 Å². The van der Waals surface area contributed by atoms with Crippen molar-refractivity contribution in [3.63, 3.8) is 0 Å². The lowest BCUT2D eigenvalue weighted by Crippen LogP contribution is -2.44. The summed E-state index contributed by atoms with van der Waals surface area (Å²) in [6, 6.07) is 9.11. The summed E-state index contributed by atoms with van der Waals surface area (Å²) in [5.41, 5.74) is 6.76. The maximum Gasteiger partial charge on any atom is 0.279 e. The number of amides is 3. The molecule has 1 aromatic heterocycles. The molecule has 1 aliphatic heterocycles. The summed E-state index contributed by atoms with van der Waals surface area (Å²) < 4.78 is 5.38. The lowest BCUT2D eigenvalue weighted by molar-refractivity contribution is -0.122. The van der Waals surface area contributed by atoms with E-state index >= 15 is 0 Å². The molecule has 2 N–H and O–H groups in total. The molecule has 0 saturated carbocycles. The summed E-state index contributed by atoms with van der Waals surface area (Å²) in [5, 5.41) is 0. The van der Waals surface area contributed by atoms with Gasteiger partial charge < -0.3 is 9.64 Å². The molecule has 0 spiro atoms. The zero-order valence-corrected chi connectivity index (χ0v) is 15.4. The van der Waals surface area contributed by atoms with Crippen molar-refractivity contribution >= 4 is 34.7 Å². The van der Waals surface area contributed by atoms with E-state index < -0.39 is 0 Å². The van der Waals surface area contributed by atoms with E-state index in [-0.39, 0.29) is 37.3 Å². The topological polar surface area (TPSA) is 87.7 Å². The molecule has 3 amide bonds. The smallest absolute Gasteiger partial charge is 0.279 e. The molecular formula is C19H19N3O4S. The number of rotatable bonds is 4. The van der Waals surface area contributed by atoms with Crippen LogP contribution in [0.25, 0.3) is 0 Å². The van der Waals surface area contributed by atoms with E-state index in [2.05, 4.69) is 10.9 Å². The van der Waals surface area contributed by atoms with Gasteiger partial charge in [-0.1, -0.05) is 12.1 Å². The number of thiophene rings is 1. The first-order valence-electron chi connectivity index (χ1n) is 8.85. The molecule has 0 radical (unpaired) electrons. The first kappa shape index (κ1) is 17.5. The minimum absolute atomic E-state index is 0.0432. The average molecular weight is 385 g/mol. The van der Waals surface area contributed by atoms with Gasteiger partial charge in [-0.25, -0.2) is 0 Å². The quantitative estimate of drug-likeness (QED) is 0.786. The molecule has 2 aliphatic rings. The molecule has 140 valence electrons. The van der Waals surface area contributed by atoms with Crippen LogP contribution in [-0.4, -0.2) is 30.9 Å². The van der Waals surface area contributed by atoms with Gasteiger partial charge in [-0.15, -0.1) is 11.3 Å². The Morgan fingerprint density at radius 3 is 2.89 bits per heavy atom. The van der Waals surface area contributed by atoms with Gasteiger partial charge in [0.1, 0.15) is 5.75 Å². The average Bonchev–Trinajstić information content (AvgIpc) is 3.27. The second kappa shape index (κ2) is 7.40. The van der Waals surface area contributed by atoms with Gasteiger partial charge in [0.15, 0.2) is 6.61 Å². The highest BCUT2D eigenvalue weighted by molar-refractivity contribution is 7.14. The van der Waals surface area contributed by atoms with Gasteiger partial charge in [0.25, 0.3) is 11.8 Å². The molecule has 0 atom stereocenters. The Morgan fingerprint density at radius 2 is 2.04 bits per heavy atom. The molecule has 8 heteroatoms. The molecule has 0 saturated heterocycles. The first-order valence-corrected chi connectivity index (χ1v) is 9.66. The summed E-state index contributed by atoms with van der Waals surface area (Å²) in [6.45, 7) is 0.173. The number of hydrazine groups is 1. The summed E-state index contributed by atoms with van der Waals surface area (Å²) in [7, 11) is 0. The predicted octanol–water partition coefficient (Wildman–Crippen LogP) is 1.81. The number of anilines is 1. The van der Waals surface area contributed by atoms with Crippen LogP contribution < -0.4 is 20.5 Å². The maximum absolute atomic E-state index is 12.2. The second-order valence-corrected chi connectivity index (χ2v) is 7.60. The normalized spacial score (nSPS) is 15.0. The van der Waals surface area contributed by atoms with Gasteiger partial charge in [-0.05, 0) is 43.0 Å². The number of ether oxygens (including phenoxy) is 1. The number of nitrogens with zero attached hydrogens (tertiary/aromatic N) is 1. The largest absolute Gasteiger partial charge is 0.482 e. The van der Waals surface area contributed by atoms with Crippen LogP contribution in [0.4, 0.5) is 5.69 Å². The van der Waals surface area contributed by atoms with E-state index in [0.29, 0.717) is 16.3 Å². The highest BCUT2D eigenvalue weighted by Crippen LogP contribution is 2.32. The van der Waals surface area contributed by atoms with E-state index in [1.807, 2.05) is 18.2 Å². The number of hydrogen-bond acceptors (Lipinski definition) is 5. The van der Waals surface area contributed by atoms with Crippen molar-refractivity contribution < 1.29 is 19.1 Å².